The number of ether oxygens (including phenoxy) is 1. The van der Waals surface area contributed by atoms with Crippen LogP contribution < -0.4 is 5.32 Å². The standard InChI is InChI=1S/C17H21ClN2O4/c1-12(17(23)19-14-7-5-6-13(18)10-14)24-16(22)11-20-9-4-2-3-8-15(20)21/h5-7,10,12H,2-4,8-9,11H2,1H3,(H,19,23)/t12-/m1/s1. The van der Waals surface area contributed by atoms with Crippen molar-refractivity contribution < 1.29 is 19.1 Å². The number of anilines is 1. The molecule has 0 radical (unpaired) electrons. The van der Waals surface area contributed by atoms with Gasteiger partial charge >= 0.3 is 5.97 Å². The molecule has 1 heterocycles. The maximum absolute atomic E-state index is 12.1. The summed E-state index contributed by atoms with van der Waals surface area (Å²) in [7, 11) is 0. The van der Waals surface area contributed by atoms with Gasteiger partial charge in [0.1, 0.15) is 6.54 Å². The van der Waals surface area contributed by atoms with E-state index < -0.39 is 18.0 Å². The van der Waals surface area contributed by atoms with Crippen molar-refractivity contribution in [3.63, 3.8) is 0 Å². The molecule has 6 nitrogen and oxygen atoms in total. The Balaban J connectivity index is 1.84. The van der Waals surface area contributed by atoms with Gasteiger partial charge in [-0.1, -0.05) is 24.1 Å². The average Bonchev–Trinajstić information content (AvgIpc) is 2.72. The highest BCUT2D eigenvalue weighted by molar-refractivity contribution is 6.30. The van der Waals surface area contributed by atoms with Gasteiger partial charge in [0.15, 0.2) is 6.10 Å². The summed E-state index contributed by atoms with van der Waals surface area (Å²) in [6, 6.07) is 6.69. The van der Waals surface area contributed by atoms with Crippen LogP contribution in [0, 0.1) is 0 Å². The largest absolute Gasteiger partial charge is 0.451 e. The van der Waals surface area contributed by atoms with Crippen molar-refractivity contribution >= 4 is 35.1 Å². The van der Waals surface area contributed by atoms with E-state index in [4.69, 9.17) is 16.3 Å². The van der Waals surface area contributed by atoms with E-state index in [-0.39, 0.29) is 12.5 Å². The molecule has 1 aliphatic rings. The van der Waals surface area contributed by atoms with E-state index in [2.05, 4.69) is 5.32 Å². The first-order chi connectivity index (χ1) is 11.5. The molecule has 130 valence electrons. The molecule has 1 aliphatic heterocycles. The Bertz CT molecular complexity index is 620. The number of nitrogens with one attached hydrogen (secondary N) is 1. The van der Waals surface area contributed by atoms with E-state index >= 15 is 0 Å². The molecule has 0 bridgehead atoms. The number of benzene rings is 1. The maximum Gasteiger partial charge on any atom is 0.326 e. The predicted molar refractivity (Wildman–Crippen MR) is 90.7 cm³/mol. The fourth-order valence-electron chi connectivity index (χ4n) is 2.46. The Labute approximate surface area is 146 Å². The Morgan fingerprint density at radius 3 is 2.88 bits per heavy atom. The van der Waals surface area contributed by atoms with E-state index in [1.165, 1.54) is 11.8 Å². The summed E-state index contributed by atoms with van der Waals surface area (Å²) in [6.07, 6.45) is 2.21. The first-order valence-electron chi connectivity index (χ1n) is 7.99. The average molecular weight is 353 g/mol. The lowest BCUT2D eigenvalue weighted by atomic mass is 10.2. The number of likely N-dealkylation sites (tertiary alicyclic amines) is 1. The Morgan fingerprint density at radius 2 is 2.12 bits per heavy atom. The van der Waals surface area contributed by atoms with E-state index in [1.807, 2.05) is 0 Å². The number of carbonyl (C=O) groups is 3. The van der Waals surface area contributed by atoms with Crippen molar-refractivity contribution in [3.8, 4) is 0 Å². The molecule has 1 aromatic rings. The number of esters is 1. The minimum Gasteiger partial charge on any atom is -0.451 e. The molecular formula is C17H21ClN2O4. The zero-order valence-electron chi connectivity index (χ0n) is 13.6. The van der Waals surface area contributed by atoms with Gasteiger partial charge < -0.3 is 15.0 Å². The summed E-state index contributed by atoms with van der Waals surface area (Å²) in [4.78, 5) is 37.4. The van der Waals surface area contributed by atoms with Crippen LogP contribution in [0.25, 0.3) is 0 Å². The van der Waals surface area contributed by atoms with Crippen LogP contribution in [0.3, 0.4) is 0 Å². The van der Waals surface area contributed by atoms with Gasteiger partial charge in [-0.15, -0.1) is 0 Å². The molecule has 7 heteroatoms. The summed E-state index contributed by atoms with van der Waals surface area (Å²) in [6.45, 7) is 1.92. The molecule has 0 spiro atoms. The molecule has 2 amide bonds. The lowest BCUT2D eigenvalue weighted by Crippen LogP contribution is -2.38. The van der Waals surface area contributed by atoms with Crippen LogP contribution in [0.2, 0.25) is 5.02 Å². The number of rotatable bonds is 5. The highest BCUT2D eigenvalue weighted by Crippen LogP contribution is 2.15. The normalized spacial score (nSPS) is 16.2. The third-order valence-corrected chi connectivity index (χ3v) is 4.00. The van der Waals surface area contributed by atoms with Crippen LogP contribution in [0.4, 0.5) is 5.69 Å². The second-order valence-corrected chi connectivity index (χ2v) is 6.19. The molecule has 2 rings (SSSR count). The number of halogens is 1. The Hall–Kier alpha value is -2.08. The van der Waals surface area contributed by atoms with Gasteiger partial charge in [-0.25, -0.2) is 0 Å². The molecule has 1 atom stereocenters. The van der Waals surface area contributed by atoms with Crippen LogP contribution in [-0.4, -0.2) is 41.9 Å². The van der Waals surface area contributed by atoms with Gasteiger partial charge in [0.05, 0.1) is 0 Å². The van der Waals surface area contributed by atoms with Crippen LogP contribution in [0.15, 0.2) is 24.3 Å². The lowest BCUT2D eigenvalue weighted by Gasteiger charge is -2.20. The fourth-order valence-corrected chi connectivity index (χ4v) is 2.65. The maximum atomic E-state index is 12.1. The van der Waals surface area contributed by atoms with Gasteiger partial charge in [0.2, 0.25) is 5.91 Å². The first kappa shape index (κ1) is 18.3. The van der Waals surface area contributed by atoms with Gasteiger partial charge in [0.25, 0.3) is 5.91 Å². The van der Waals surface area contributed by atoms with E-state index in [0.717, 1.165) is 19.3 Å². The summed E-state index contributed by atoms with van der Waals surface area (Å²) in [5.74, 6) is -1.08. The number of hydrogen-bond donors (Lipinski definition) is 1. The monoisotopic (exact) mass is 352 g/mol. The van der Waals surface area contributed by atoms with Crippen LogP contribution in [0.5, 0.6) is 0 Å². The minimum atomic E-state index is -0.960. The molecule has 24 heavy (non-hydrogen) atoms. The molecule has 0 aromatic heterocycles. The first-order valence-corrected chi connectivity index (χ1v) is 8.37. The van der Waals surface area contributed by atoms with Gasteiger partial charge in [-0.05, 0) is 38.0 Å². The molecule has 1 saturated heterocycles. The lowest BCUT2D eigenvalue weighted by molar-refractivity contribution is -0.156. The van der Waals surface area contributed by atoms with Crippen LogP contribution in [-0.2, 0) is 19.1 Å². The summed E-state index contributed by atoms with van der Waals surface area (Å²) in [5.41, 5.74) is 0.526. The van der Waals surface area contributed by atoms with Crippen molar-refractivity contribution in [1.29, 1.82) is 0 Å². The fraction of sp³-hybridized carbons (Fsp3) is 0.471. The molecule has 0 unspecified atom stereocenters. The summed E-state index contributed by atoms with van der Waals surface area (Å²) in [5, 5.41) is 3.13. The van der Waals surface area contributed by atoms with E-state index in [0.29, 0.717) is 23.7 Å². The van der Waals surface area contributed by atoms with Gasteiger partial charge in [-0.3, -0.25) is 14.4 Å². The minimum absolute atomic E-state index is 0.0412. The second-order valence-electron chi connectivity index (χ2n) is 5.76. The predicted octanol–water partition coefficient (Wildman–Crippen LogP) is 2.61. The zero-order valence-corrected chi connectivity index (χ0v) is 14.3. The Morgan fingerprint density at radius 1 is 1.33 bits per heavy atom. The molecule has 1 N–H and O–H groups in total. The third-order valence-electron chi connectivity index (χ3n) is 3.76. The van der Waals surface area contributed by atoms with Crippen LogP contribution in [0.1, 0.15) is 32.6 Å². The van der Waals surface area contributed by atoms with Crippen LogP contribution >= 0.6 is 11.6 Å². The topological polar surface area (TPSA) is 75.7 Å². The second kappa shape index (κ2) is 8.68. The Kier molecular flexibility index (Phi) is 6.61. The summed E-state index contributed by atoms with van der Waals surface area (Å²) < 4.78 is 5.13. The highest BCUT2D eigenvalue weighted by Gasteiger charge is 2.23. The third kappa shape index (κ3) is 5.53. The molecular weight excluding hydrogens is 332 g/mol. The van der Waals surface area contributed by atoms with Crippen molar-refractivity contribution in [2.75, 3.05) is 18.4 Å². The zero-order chi connectivity index (χ0) is 17.5. The highest BCUT2D eigenvalue weighted by atomic mass is 35.5. The molecule has 1 aromatic carbocycles. The quantitative estimate of drug-likeness (QED) is 0.826. The van der Waals surface area contributed by atoms with Crippen molar-refractivity contribution in [1.82, 2.24) is 4.90 Å². The molecule has 0 aliphatic carbocycles. The van der Waals surface area contributed by atoms with Crippen molar-refractivity contribution in [2.24, 2.45) is 0 Å². The van der Waals surface area contributed by atoms with Gasteiger partial charge in [-0.2, -0.15) is 0 Å². The number of nitrogens with zero attached hydrogens (tertiary/aromatic N) is 1. The SMILES string of the molecule is C[C@@H](OC(=O)CN1CCCCCC1=O)C(=O)Nc1cccc(Cl)c1. The van der Waals surface area contributed by atoms with Crippen molar-refractivity contribution in [2.45, 2.75) is 38.7 Å². The molecule has 0 saturated carbocycles. The number of carbonyl (C=O) groups excluding carboxylic acids is 3. The van der Waals surface area contributed by atoms with E-state index in [1.54, 1.807) is 24.3 Å². The van der Waals surface area contributed by atoms with Gasteiger partial charge in [0, 0.05) is 23.7 Å². The number of amides is 2. The number of hydrogen-bond acceptors (Lipinski definition) is 4. The summed E-state index contributed by atoms with van der Waals surface area (Å²) >= 11 is 5.85. The van der Waals surface area contributed by atoms with Crippen molar-refractivity contribution in [3.05, 3.63) is 29.3 Å². The smallest absolute Gasteiger partial charge is 0.326 e. The van der Waals surface area contributed by atoms with E-state index in [9.17, 15) is 14.4 Å². The molecule has 1 fully saturated rings.